The minimum absolute atomic E-state index is 0.00564. The van der Waals surface area contributed by atoms with Crippen molar-refractivity contribution < 1.29 is 23.8 Å². The Hall–Kier alpha value is -4.04. The van der Waals surface area contributed by atoms with Gasteiger partial charge in [-0.15, -0.1) is 10.2 Å². The maximum absolute atomic E-state index is 13.4. The fourth-order valence-electron chi connectivity index (χ4n) is 4.38. The van der Waals surface area contributed by atoms with Crippen molar-refractivity contribution in [3.63, 3.8) is 0 Å². The highest BCUT2D eigenvalue weighted by Crippen LogP contribution is 2.39. The molecule has 46 heavy (non-hydrogen) atoms. The second-order valence-corrected chi connectivity index (χ2v) is 12.2. The van der Waals surface area contributed by atoms with Crippen LogP contribution in [-0.4, -0.2) is 57.1 Å². The van der Waals surface area contributed by atoms with Gasteiger partial charge in [-0.25, -0.2) is 4.98 Å². The fraction of sp³-hybridized carbons (Fsp3) is 0.258. The molecule has 0 bridgehead atoms. The molecular weight excluding hydrogens is 671 g/mol. The van der Waals surface area contributed by atoms with E-state index in [0.29, 0.717) is 74.5 Å². The van der Waals surface area contributed by atoms with Gasteiger partial charge >= 0.3 is 0 Å². The number of amides is 2. The van der Waals surface area contributed by atoms with Crippen molar-refractivity contribution in [2.75, 3.05) is 30.9 Å². The first kappa shape index (κ1) is 33.3. The van der Waals surface area contributed by atoms with Crippen LogP contribution in [0.5, 0.6) is 17.2 Å². The first-order chi connectivity index (χ1) is 22.3. The number of thioether (sulfide) groups is 1. The van der Waals surface area contributed by atoms with Crippen LogP contribution in [0.4, 0.5) is 5.13 Å². The maximum atomic E-state index is 13.4. The van der Waals surface area contributed by atoms with Gasteiger partial charge in [0.2, 0.25) is 11.7 Å². The molecule has 0 unspecified atom stereocenters. The molecule has 0 radical (unpaired) electrons. The number of fused-ring (bicyclic) bond motifs is 1. The van der Waals surface area contributed by atoms with Crippen LogP contribution in [0.25, 0.3) is 15.9 Å². The molecule has 0 aliphatic rings. The highest BCUT2D eigenvalue weighted by molar-refractivity contribution is 7.99. The van der Waals surface area contributed by atoms with Gasteiger partial charge in [0.1, 0.15) is 0 Å². The van der Waals surface area contributed by atoms with E-state index in [1.165, 1.54) is 23.1 Å². The Morgan fingerprint density at radius 2 is 1.63 bits per heavy atom. The topological polar surface area (TPSA) is 129 Å². The third-order valence-electron chi connectivity index (χ3n) is 6.31. The Balaban J connectivity index is 1.36. The summed E-state index contributed by atoms with van der Waals surface area (Å²) >= 11 is 15.1. The molecule has 2 aromatic heterocycles. The van der Waals surface area contributed by atoms with E-state index < -0.39 is 5.91 Å². The van der Waals surface area contributed by atoms with Crippen molar-refractivity contribution in [2.24, 2.45) is 0 Å². The van der Waals surface area contributed by atoms with Gasteiger partial charge in [0, 0.05) is 5.56 Å². The molecule has 5 rings (SSSR count). The highest BCUT2D eigenvalue weighted by atomic mass is 35.5. The van der Waals surface area contributed by atoms with E-state index in [-0.39, 0.29) is 18.2 Å². The lowest BCUT2D eigenvalue weighted by atomic mass is 10.1. The number of benzene rings is 3. The summed E-state index contributed by atoms with van der Waals surface area (Å²) in [5.41, 5.74) is 1.74. The first-order valence-electron chi connectivity index (χ1n) is 14.3. The number of halogens is 2. The van der Waals surface area contributed by atoms with Crippen molar-refractivity contribution in [1.82, 2.24) is 25.1 Å². The zero-order valence-corrected chi connectivity index (χ0v) is 28.3. The van der Waals surface area contributed by atoms with Gasteiger partial charge in [-0.05, 0) is 63.2 Å². The Labute approximate surface area is 283 Å². The Morgan fingerprint density at radius 3 is 2.30 bits per heavy atom. The molecule has 11 nitrogen and oxygen atoms in total. The number of carbonyl (C=O) groups excluding carboxylic acids is 2. The van der Waals surface area contributed by atoms with Gasteiger partial charge in [0.05, 0.1) is 58.1 Å². The summed E-state index contributed by atoms with van der Waals surface area (Å²) in [4.78, 5) is 30.7. The number of thiazole rings is 1. The van der Waals surface area contributed by atoms with E-state index in [9.17, 15) is 9.59 Å². The van der Waals surface area contributed by atoms with E-state index in [4.69, 9.17) is 37.4 Å². The molecule has 2 N–H and O–H groups in total. The standard InChI is InChI=1S/C31H30Cl2N6O5S2/c1-4-42-23-13-18(14-24(43-5-2)28(23)44-6-3)29(41)34-16-26-37-38-31(39(26)19-11-12-20(32)21(33)15-19)45-17-27(40)36-30-35-22-9-7-8-10-25(22)46-30/h7-15H,4-6,16-17H2,1-3H3,(H,34,41)(H,35,36,40). The van der Waals surface area contributed by atoms with E-state index in [1.807, 2.05) is 45.0 Å². The lowest BCUT2D eigenvalue weighted by molar-refractivity contribution is -0.113. The third kappa shape index (κ3) is 7.84. The van der Waals surface area contributed by atoms with Gasteiger partial charge in [0.25, 0.3) is 5.91 Å². The predicted octanol–water partition coefficient (Wildman–Crippen LogP) is 7.04. The normalized spacial score (nSPS) is 11.0. The zero-order chi connectivity index (χ0) is 32.6. The number of nitrogens with zero attached hydrogens (tertiary/aromatic N) is 4. The molecular formula is C31H30Cl2N6O5S2. The smallest absolute Gasteiger partial charge is 0.251 e. The predicted molar refractivity (Wildman–Crippen MR) is 181 cm³/mol. The maximum Gasteiger partial charge on any atom is 0.251 e. The van der Waals surface area contributed by atoms with Gasteiger partial charge in [0.15, 0.2) is 27.6 Å². The largest absolute Gasteiger partial charge is 0.490 e. The number of carbonyl (C=O) groups is 2. The molecule has 0 fully saturated rings. The van der Waals surface area contributed by atoms with Gasteiger partial charge in [-0.3, -0.25) is 14.2 Å². The van der Waals surface area contributed by atoms with Crippen molar-refractivity contribution in [1.29, 1.82) is 0 Å². The minimum atomic E-state index is -0.391. The minimum Gasteiger partial charge on any atom is -0.490 e. The third-order valence-corrected chi connectivity index (χ3v) is 8.93. The summed E-state index contributed by atoms with van der Waals surface area (Å²) in [7, 11) is 0. The quantitative estimate of drug-likeness (QED) is 0.117. The molecule has 0 saturated heterocycles. The zero-order valence-electron chi connectivity index (χ0n) is 25.1. The number of hydrogen-bond acceptors (Lipinski definition) is 10. The summed E-state index contributed by atoms with van der Waals surface area (Å²) in [6.45, 7) is 6.71. The van der Waals surface area contributed by atoms with Crippen LogP contribution in [0.3, 0.4) is 0 Å². The summed E-state index contributed by atoms with van der Waals surface area (Å²) in [6.07, 6.45) is 0. The monoisotopic (exact) mass is 700 g/mol. The van der Waals surface area contributed by atoms with Crippen molar-refractivity contribution in [2.45, 2.75) is 32.5 Å². The van der Waals surface area contributed by atoms with Crippen molar-refractivity contribution in [3.05, 3.63) is 76.0 Å². The van der Waals surface area contributed by atoms with E-state index >= 15 is 0 Å². The summed E-state index contributed by atoms with van der Waals surface area (Å²) in [5.74, 6) is 1.04. The van der Waals surface area contributed by atoms with Crippen molar-refractivity contribution in [3.8, 4) is 22.9 Å². The van der Waals surface area contributed by atoms with E-state index in [1.54, 1.807) is 34.9 Å². The molecule has 3 aromatic carbocycles. The average Bonchev–Trinajstić information content (AvgIpc) is 3.65. The molecule has 5 aromatic rings. The Bertz CT molecular complexity index is 1800. The summed E-state index contributed by atoms with van der Waals surface area (Å²) in [6, 6.07) is 16.0. The van der Waals surface area contributed by atoms with Crippen LogP contribution in [0.2, 0.25) is 10.0 Å². The molecule has 2 amide bonds. The van der Waals surface area contributed by atoms with Gasteiger partial charge in [-0.1, -0.05) is 58.4 Å². The SMILES string of the molecule is CCOc1cc(C(=O)NCc2nnc(SCC(=O)Nc3nc4ccccc4s3)n2-c2ccc(Cl)c(Cl)c2)cc(OCC)c1OCC. The number of ether oxygens (including phenoxy) is 3. The molecule has 15 heteroatoms. The van der Waals surface area contributed by atoms with Crippen LogP contribution in [0.15, 0.2) is 59.8 Å². The molecule has 2 heterocycles. The second-order valence-electron chi connectivity index (χ2n) is 9.44. The summed E-state index contributed by atoms with van der Waals surface area (Å²) in [5, 5.41) is 16.0. The van der Waals surface area contributed by atoms with E-state index in [0.717, 1.165) is 10.2 Å². The van der Waals surface area contributed by atoms with Crippen LogP contribution in [0.1, 0.15) is 37.0 Å². The molecule has 0 atom stereocenters. The summed E-state index contributed by atoms with van der Waals surface area (Å²) < 4.78 is 20.0. The molecule has 0 aliphatic heterocycles. The molecule has 240 valence electrons. The second kappa shape index (κ2) is 15.5. The Morgan fingerprint density at radius 1 is 0.913 bits per heavy atom. The van der Waals surface area contributed by atoms with Crippen LogP contribution in [-0.2, 0) is 11.3 Å². The number of anilines is 1. The van der Waals surface area contributed by atoms with Crippen molar-refractivity contribution >= 4 is 73.5 Å². The number of para-hydroxylation sites is 1. The lowest BCUT2D eigenvalue weighted by Crippen LogP contribution is -2.25. The van der Waals surface area contributed by atoms with Gasteiger partial charge < -0.3 is 24.8 Å². The lowest BCUT2D eigenvalue weighted by Gasteiger charge is -2.17. The highest BCUT2D eigenvalue weighted by Gasteiger charge is 2.21. The van der Waals surface area contributed by atoms with E-state index in [2.05, 4.69) is 25.8 Å². The Kier molecular flexibility index (Phi) is 11.2. The first-order valence-corrected chi connectivity index (χ1v) is 16.9. The fourth-order valence-corrected chi connectivity index (χ4v) is 6.33. The molecule has 0 spiro atoms. The van der Waals surface area contributed by atoms with Crippen LogP contribution >= 0.6 is 46.3 Å². The average molecular weight is 702 g/mol. The number of hydrogen-bond donors (Lipinski definition) is 2. The van der Waals surface area contributed by atoms with Crippen LogP contribution < -0.4 is 24.8 Å². The number of aromatic nitrogens is 4. The van der Waals surface area contributed by atoms with Crippen LogP contribution in [0, 0.1) is 0 Å². The number of nitrogens with one attached hydrogen (secondary N) is 2. The van der Waals surface area contributed by atoms with Gasteiger partial charge in [-0.2, -0.15) is 0 Å². The number of rotatable bonds is 14. The molecule has 0 aliphatic carbocycles. The molecule has 0 saturated carbocycles.